The maximum absolute atomic E-state index is 12.6. The maximum atomic E-state index is 12.6. The molecule has 4 heteroatoms. The van der Waals surface area contributed by atoms with Crippen LogP contribution in [0.3, 0.4) is 0 Å². The molecule has 0 saturated heterocycles. The Morgan fingerprint density at radius 3 is 2.44 bits per heavy atom. The predicted octanol–water partition coefficient (Wildman–Crippen LogP) is 5.86. The third kappa shape index (κ3) is 5.69. The van der Waals surface area contributed by atoms with E-state index in [1.165, 1.54) is 35.1 Å². The van der Waals surface area contributed by atoms with Crippen LogP contribution < -0.4 is 4.74 Å². The van der Waals surface area contributed by atoms with Gasteiger partial charge in [0.25, 0.3) is 5.91 Å². The molecule has 4 nitrogen and oxygen atoms in total. The van der Waals surface area contributed by atoms with Gasteiger partial charge in [0.2, 0.25) is 0 Å². The topological polar surface area (TPSA) is 44.1 Å². The van der Waals surface area contributed by atoms with E-state index in [0.29, 0.717) is 5.92 Å². The maximum Gasteiger partial charge on any atom is 0.284 e. The summed E-state index contributed by atoms with van der Waals surface area (Å²) in [5.74, 6) is 1.13. The van der Waals surface area contributed by atoms with Gasteiger partial charge in [0.1, 0.15) is 5.75 Å². The fraction of sp³-hybridized carbons (Fsp3) is 0.565. The lowest BCUT2D eigenvalue weighted by Crippen LogP contribution is -2.21. The number of aryl methyl sites for hydroxylation is 1. The Morgan fingerprint density at radius 1 is 1.11 bits per heavy atom. The predicted molar refractivity (Wildman–Crippen MR) is 111 cm³/mol. The number of unbranched alkanes of at least 4 members (excludes halogenated alkanes) is 3. The summed E-state index contributed by atoms with van der Waals surface area (Å²) in [5, 5.41) is 4.46. The van der Waals surface area contributed by atoms with Gasteiger partial charge >= 0.3 is 0 Å². The largest absolute Gasteiger partial charge is 0.484 e. The van der Waals surface area contributed by atoms with E-state index in [-0.39, 0.29) is 12.5 Å². The number of rotatable bonds is 10. The Balaban J connectivity index is 1.95. The Morgan fingerprint density at radius 2 is 1.81 bits per heavy atom. The molecular formula is C23H34N2O2. The summed E-state index contributed by atoms with van der Waals surface area (Å²) in [7, 11) is 0. The van der Waals surface area contributed by atoms with Crippen LogP contribution in [-0.4, -0.2) is 22.3 Å². The highest BCUT2D eigenvalue weighted by molar-refractivity contribution is 5.80. The van der Waals surface area contributed by atoms with E-state index < -0.39 is 0 Å². The van der Waals surface area contributed by atoms with Gasteiger partial charge < -0.3 is 4.74 Å². The molecule has 0 fully saturated rings. The van der Waals surface area contributed by atoms with Crippen LogP contribution in [0.1, 0.15) is 86.1 Å². The van der Waals surface area contributed by atoms with Gasteiger partial charge in [0.05, 0.1) is 5.69 Å². The van der Waals surface area contributed by atoms with Crippen molar-refractivity contribution in [3.8, 4) is 5.75 Å². The van der Waals surface area contributed by atoms with E-state index in [0.717, 1.165) is 36.4 Å². The third-order valence-electron chi connectivity index (χ3n) is 5.38. The van der Waals surface area contributed by atoms with Crippen molar-refractivity contribution in [2.45, 2.75) is 79.1 Å². The molecule has 148 valence electrons. The van der Waals surface area contributed by atoms with E-state index in [1.807, 2.05) is 26.0 Å². The number of hydrogen-bond acceptors (Lipinski definition) is 3. The molecule has 1 unspecified atom stereocenters. The normalized spacial score (nSPS) is 12.2. The third-order valence-corrected chi connectivity index (χ3v) is 5.38. The van der Waals surface area contributed by atoms with Crippen LogP contribution >= 0.6 is 0 Å². The van der Waals surface area contributed by atoms with E-state index >= 15 is 0 Å². The lowest BCUT2D eigenvalue weighted by atomic mass is 9.99. The number of nitrogens with zero attached hydrogens (tertiary/aromatic N) is 2. The Kier molecular flexibility index (Phi) is 8.08. The highest BCUT2D eigenvalue weighted by atomic mass is 16.5. The quantitative estimate of drug-likeness (QED) is 0.492. The van der Waals surface area contributed by atoms with Crippen molar-refractivity contribution in [1.82, 2.24) is 9.78 Å². The van der Waals surface area contributed by atoms with Gasteiger partial charge in [-0.2, -0.15) is 5.10 Å². The first-order chi connectivity index (χ1) is 13.0. The molecule has 0 aliphatic rings. The van der Waals surface area contributed by atoms with Crippen molar-refractivity contribution in [2.24, 2.45) is 0 Å². The number of hydrogen-bond donors (Lipinski definition) is 0. The molecule has 0 spiro atoms. The molecule has 2 aromatic rings. The first-order valence-corrected chi connectivity index (χ1v) is 10.3. The lowest BCUT2D eigenvalue weighted by molar-refractivity contribution is 0.0818. The van der Waals surface area contributed by atoms with E-state index in [9.17, 15) is 4.79 Å². The number of carbonyl (C=O) groups excluding carboxylic acids is 1. The fourth-order valence-electron chi connectivity index (χ4n) is 3.34. The molecule has 0 aliphatic carbocycles. The van der Waals surface area contributed by atoms with Gasteiger partial charge in [-0.15, -0.1) is 0 Å². The minimum atomic E-state index is -0.124. The SMILES string of the molecule is CCCCCCc1c(C)nn(C(=O)COc2ccc(C(C)CC)cc2)c1C. The summed E-state index contributed by atoms with van der Waals surface area (Å²) in [6.07, 6.45) is 6.96. The summed E-state index contributed by atoms with van der Waals surface area (Å²) >= 11 is 0. The van der Waals surface area contributed by atoms with Crippen LogP contribution in [0.4, 0.5) is 0 Å². The monoisotopic (exact) mass is 370 g/mol. The summed E-state index contributed by atoms with van der Waals surface area (Å²) in [4.78, 5) is 12.6. The van der Waals surface area contributed by atoms with Crippen molar-refractivity contribution in [3.05, 3.63) is 46.8 Å². The van der Waals surface area contributed by atoms with Crippen LogP contribution in [0.5, 0.6) is 5.75 Å². The van der Waals surface area contributed by atoms with E-state index in [1.54, 1.807) is 0 Å². The average molecular weight is 371 g/mol. The van der Waals surface area contributed by atoms with Crippen LogP contribution in [0, 0.1) is 13.8 Å². The van der Waals surface area contributed by atoms with Gasteiger partial charge in [-0.3, -0.25) is 4.79 Å². The number of ether oxygens (including phenoxy) is 1. The number of benzene rings is 1. The highest BCUT2D eigenvalue weighted by Gasteiger charge is 2.16. The Bertz CT molecular complexity index is 732. The van der Waals surface area contributed by atoms with Crippen LogP contribution in [-0.2, 0) is 6.42 Å². The zero-order valence-electron chi connectivity index (χ0n) is 17.5. The molecule has 0 N–H and O–H groups in total. The standard InChI is InChI=1S/C23H34N2O2/c1-6-8-9-10-11-22-18(4)24-25(19(22)5)23(26)16-27-21-14-12-20(13-15-21)17(3)7-2/h12-15,17H,6-11,16H2,1-5H3. The van der Waals surface area contributed by atoms with Crippen molar-refractivity contribution in [1.29, 1.82) is 0 Å². The fourth-order valence-corrected chi connectivity index (χ4v) is 3.34. The number of aromatic nitrogens is 2. The lowest BCUT2D eigenvalue weighted by Gasteiger charge is -2.11. The molecule has 0 saturated carbocycles. The summed E-state index contributed by atoms with van der Waals surface area (Å²) in [5.41, 5.74) is 4.40. The minimum absolute atomic E-state index is 0.0000866. The molecule has 1 aromatic heterocycles. The molecule has 2 rings (SSSR count). The van der Waals surface area contributed by atoms with Crippen LogP contribution in [0.2, 0.25) is 0 Å². The highest BCUT2D eigenvalue weighted by Crippen LogP contribution is 2.22. The first kappa shape index (κ1) is 21.2. The average Bonchev–Trinajstić information content (AvgIpc) is 2.97. The zero-order chi connectivity index (χ0) is 19.8. The van der Waals surface area contributed by atoms with Crippen molar-refractivity contribution < 1.29 is 9.53 Å². The second kappa shape index (κ2) is 10.3. The molecule has 1 aromatic carbocycles. The Hall–Kier alpha value is -2.10. The number of carbonyl (C=O) groups is 1. The van der Waals surface area contributed by atoms with Crippen molar-refractivity contribution >= 4 is 5.91 Å². The van der Waals surface area contributed by atoms with Crippen LogP contribution in [0.15, 0.2) is 24.3 Å². The summed E-state index contributed by atoms with van der Waals surface area (Å²) in [6.45, 7) is 10.6. The molecule has 0 bridgehead atoms. The second-order valence-electron chi connectivity index (χ2n) is 7.43. The van der Waals surface area contributed by atoms with Crippen molar-refractivity contribution in [3.63, 3.8) is 0 Å². The molecule has 1 heterocycles. The van der Waals surface area contributed by atoms with Gasteiger partial charge in [0.15, 0.2) is 6.61 Å². The van der Waals surface area contributed by atoms with Gasteiger partial charge in [-0.1, -0.05) is 52.2 Å². The van der Waals surface area contributed by atoms with Crippen molar-refractivity contribution in [2.75, 3.05) is 6.61 Å². The second-order valence-corrected chi connectivity index (χ2v) is 7.43. The molecule has 1 atom stereocenters. The van der Waals surface area contributed by atoms with Gasteiger partial charge in [-0.25, -0.2) is 4.68 Å². The van der Waals surface area contributed by atoms with E-state index in [4.69, 9.17) is 4.74 Å². The van der Waals surface area contributed by atoms with Crippen LogP contribution in [0.25, 0.3) is 0 Å². The minimum Gasteiger partial charge on any atom is -0.484 e. The molecule has 0 amide bonds. The Labute approximate surface area is 163 Å². The zero-order valence-corrected chi connectivity index (χ0v) is 17.5. The van der Waals surface area contributed by atoms with Gasteiger partial charge in [-0.05, 0) is 62.3 Å². The molecule has 0 radical (unpaired) electrons. The molecule has 0 aliphatic heterocycles. The van der Waals surface area contributed by atoms with E-state index in [2.05, 4.69) is 38.0 Å². The smallest absolute Gasteiger partial charge is 0.284 e. The summed E-state index contributed by atoms with van der Waals surface area (Å²) in [6, 6.07) is 8.03. The molecule has 27 heavy (non-hydrogen) atoms. The first-order valence-electron chi connectivity index (χ1n) is 10.3. The van der Waals surface area contributed by atoms with Gasteiger partial charge in [0, 0.05) is 5.69 Å². The molecular weight excluding hydrogens is 336 g/mol. The summed E-state index contributed by atoms with van der Waals surface area (Å²) < 4.78 is 7.21.